The molecule has 29 heavy (non-hydrogen) atoms. The van der Waals surface area contributed by atoms with Gasteiger partial charge < -0.3 is 11.0 Å². The van der Waals surface area contributed by atoms with Gasteiger partial charge in [-0.05, 0) is 12.0 Å². The fourth-order valence-corrected chi connectivity index (χ4v) is 3.99. The number of unbranched alkanes of at least 4 members (excludes halogenated alkanes) is 13. The van der Waals surface area contributed by atoms with Crippen molar-refractivity contribution in [2.75, 3.05) is 6.61 Å². The van der Waals surface area contributed by atoms with E-state index in [4.69, 9.17) is 9.05 Å². The van der Waals surface area contributed by atoms with Crippen LogP contribution in [-0.4, -0.2) is 11.5 Å². The van der Waals surface area contributed by atoms with Crippen LogP contribution in [0, 0.1) is 0 Å². The number of rotatable bonds is 19. The topological polar surface area (TPSA) is 90.8 Å². The largest absolute Gasteiger partial charge is 0.472 e. The van der Waals surface area contributed by atoms with Gasteiger partial charge in [0.1, 0.15) is 0 Å². The molecule has 0 aliphatic rings. The Morgan fingerprint density at radius 2 is 1.17 bits per heavy atom. The smallest absolute Gasteiger partial charge is 0.344 e. The second kappa shape index (κ2) is 19.3. The lowest BCUT2D eigenvalue weighted by atomic mass is 10.0. The van der Waals surface area contributed by atoms with Crippen LogP contribution in [0.5, 0.6) is 0 Å². The number of benzene rings is 1. The van der Waals surface area contributed by atoms with Crippen LogP contribution in [0.4, 0.5) is 0 Å². The van der Waals surface area contributed by atoms with Crippen LogP contribution >= 0.6 is 7.82 Å². The van der Waals surface area contributed by atoms with Crippen LogP contribution in [0.25, 0.3) is 0 Å². The summed E-state index contributed by atoms with van der Waals surface area (Å²) in [6.07, 6.45) is 18.0. The standard InChI is InChI=1S/C23H41O4P.H3N/c1-2-3-4-5-6-7-8-9-10-11-12-13-14-18-21-26-28(24,25)27-22-23-19-16-15-17-20-23;/h15-17,19-20H,2-14,18,21-22H2,1H3,(H,24,25);1H3. The molecule has 0 bridgehead atoms. The van der Waals surface area contributed by atoms with Gasteiger partial charge in [-0.25, -0.2) is 4.57 Å². The Hall–Kier alpha value is -0.710. The molecule has 1 atom stereocenters. The lowest BCUT2D eigenvalue weighted by Crippen LogP contribution is -1.98. The predicted octanol–water partition coefficient (Wildman–Crippen LogP) is 7.96. The molecule has 0 amide bonds. The molecule has 170 valence electrons. The van der Waals surface area contributed by atoms with Gasteiger partial charge in [-0.2, -0.15) is 0 Å². The summed E-state index contributed by atoms with van der Waals surface area (Å²) in [5.74, 6) is 0. The molecule has 6 heteroatoms. The third-order valence-corrected chi connectivity index (χ3v) is 5.95. The Morgan fingerprint density at radius 3 is 1.66 bits per heavy atom. The zero-order valence-electron chi connectivity index (χ0n) is 18.5. The van der Waals surface area contributed by atoms with E-state index >= 15 is 0 Å². The van der Waals surface area contributed by atoms with E-state index in [1.54, 1.807) is 0 Å². The van der Waals surface area contributed by atoms with E-state index in [1.165, 1.54) is 77.0 Å². The lowest BCUT2D eigenvalue weighted by molar-refractivity contribution is 0.141. The summed E-state index contributed by atoms with van der Waals surface area (Å²) < 4.78 is 21.9. The normalized spacial score (nSPS) is 13.0. The molecule has 0 aliphatic carbocycles. The van der Waals surface area contributed by atoms with Gasteiger partial charge in [0, 0.05) is 0 Å². The molecule has 0 saturated heterocycles. The third-order valence-electron chi connectivity index (χ3n) is 4.99. The molecule has 1 unspecified atom stereocenters. The van der Waals surface area contributed by atoms with Crippen molar-refractivity contribution in [3.05, 3.63) is 35.9 Å². The van der Waals surface area contributed by atoms with Crippen molar-refractivity contribution >= 4 is 7.82 Å². The van der Waals surface area contributed by atoms with Crippen molar-refractivity contribution in [1.29, 1.82) is 0 Å². The van der Waals surface area contributed by atoms with Gasteiger partial charge in [0.25, 0.3) is 0 Å². The molecule has 1 aromatic rings. The SMILES string of the molecule is CCCCCCCCCCCCCCCCOP(=O)(O)OCc1ccccc1.N. The summed E-state index contributed by atoms with van der Waals surface area (Å²) in [6, 6.07) is 9.35. The van der Waals surface area contributed by atoms with Crippen molar-refractivity contribution in [2.24, 2.45) is 0 Å². The second-order valence-electron chi connectivity index (χ2n) is 7.66. The molecule has 0 aromatic heterocycles. The summed E-state index contributed by atoms with van der Waals surface area (Å²) in [7, 11) is -3.94. The highest BCUT2D eigenvalue weighted by molar-refractivity contribution is 7.47. The van der Waals surface area contributed by atoms with Crippen LogP contribution in [-0.2, 0) is 20.2 Å². The Morgan fingerprint density at radius 1 is 0.724 bits per heavy atom. The highest BCUT2D eigenvalue weighted by Crippen LogP contribution is 2.44. The van der Waals surface area contributed by atoms with Crippen molar-refractivity contribution < 1.29 is 18.5 Å². The van der Waals surface area contributed by atoms with Crippen LogP contribution in [0.1, 0.15) is 102 Å². The van der Waals surface area contributed by atoms with Crippen molar-refractivity contribution in [2.45, 2.75) is 103 Å². The average Bonchev–Trinajstić information content (AvgIpc) is 2.70. The van der Waals surface area contributed by atoms with Gasteiger partial charge in [0.15, 0.2) is 0 Å². The molecule has 0 radical (unpaired) electrons. The highest BCUT2D eigenvalue weighted by atomic mass is 31.2. The molecule has 1 rings (SSSR count). The fraction of sp³-hybridized carbons (Fsp3) is 0.739. The molecule has 5 nitrogen and oxygen atoms in total. The zero-order valence-corrected chi connectivity index (χ0v) is 19.4. The first-order valence-electron chi connectivity index (χ1n) is 11.3. The third kappa shape index (κ3) is 17.8. The van der Waals surface area contributed by atoms with Gasteiger partial charge in [0.05, 0.1) is 13.2 Å². The number of hydrogen-bond acceptors (Lipinski definition) is 4. The van der Waals surface area contributed by atoms with E-state index in [0.717, 1.165) is 18.4 Å². The summed E-state index contributed by atoms with van der Waals surface area (Å²) in [6.45, 7) is 2.63. The van der Waals surface area contributed by atoms with Gasteiger partial charge in [0.2, 0.25) is 0 Å². The molecule has 0 aliphatic heterocycles. The maximum atomic E-state index is 11.8. The van der Waals surface area contributed by atoms with E-state index in [-0.39, 0.29) is 19.4 Å². The minimum absolute atomic E-state index is 0. The van der Waals surface area contributed by atoms with Crippen LogP contribution < -0.4 is 6.15 Å². The number of phosphoric acid groups is 1. The molecular formula is C23H44NO4P. The quantitative estimate of drug-likeness (QED) is 0.172. The Kier molecular flexibility index (Phi) is 18.8. The number of hydrogen-bond donors (Lipinski definition) is 2. The lowest BCUT2D eigenvalue weighted by Gasteiger charge is -2.12. The van der Waals surface area contributed by atoms with Crippen molar-refractivity contribution in [1.82, 2.24) is 6.15 Å². The summed E-state index contributed by atoms with van der Waals surface area (Å²) in [4.78, 5) is 9.69. The molecule has 0 fully saturated rings. The van der Waals surface area contributed by atoms with Crippen LogP contribution in [0.3, 0.4) is 0 Å². The Labute approximate surface area is 178 Å². The number of phosphoric ester groups is 1. The van der Waals surface area contributed by atoms with E-state index < -0.39 is 7.82 Å². The Bertz CT molecular complexity index is 513. The summed E-state index contributed by atoms with van der Waals surface area (Å²) in [5.41, 5.74) is 0.858. The van der Waals surface area contributed by atoms with Crippen LogP contribution in [0.2, 0.25) is 0 Å². The first-order valence-corrected chi connectivity index (χ1v) is 12.8. The van der Waals surface area contributed by atoms with Gasteiger partial charge in [-0.15, -0.1) is 0 Å². The average molecular weight is 430 g/mol. The molecule has 4 N–H and O–H groups in total. The van der Waals surface area contributed by atoms with E-state index in [2.05, 4.69) is 6.92 Å². The van der Waals surface area contributed by atoms with E-state index in [9.17, 15) is 9.46 Å². The monoisotopic (exact) mass is 429 g/mol. The molecule has 0 spiro atoms. The molecule has 0 saturated carbocycles. The molecular weight excluding hydrogens is 385 g/mol. The fourth-order valence-electron chi connectivity index (χ4n) is 3.24. The van der Waals surface area contributed by atoms with Crippen molar-refractivity contribution in [3.63, 3.8) is 0 Å². The predicted molar refractivity (Wildman–Crippen MR) is 122 cm³/mol. The van der Waals surface area contributed by atoms with E-state index in [1.807, 2.05) is 30.3 Å². The van der Waals surface area contributed by atoms with E-state index in [0.29, 0.717) is 0 Å². The second-order valence-corrected chi connectivity index (χ2v) is 9.11. The summed E-state index contributed by atoms with van der Waals surface area (Å²) >= 11 is 0. The highest BCUT2D eigenvalue weighted by Gasteiger charge is 2.20. The minimum Gasteiger partial charge on any atom is -0.344 e. The van der Waals surface area contributed by atoms with Gasteiger partial charge in [-0.1, -0.05) is 121 Å². The Balaban J connectivity index is 0.00000784. The molecule has 1 aromatic carbocycles. The molecule has 0 heterocycles. The zero-order chi connectivity index (χ0) is 20.3. The van der Waals surface area contributed by atoms with Gasteiger partial charge >= 0.3 is 7.82 Å². The van der Waals surface area contributed by atoms with Gasteiger partial charge in [-0.3, -0.25) is 9.05 Å². The summed E-state index contributed by atoms with van der Waals surface area (Å²) in [5, 5.41) is 0. The van der Waals surface area contributed by atoms with Crippen LogP contribution in [0.15, 0.2) is 30.3 Å². The maximum absolute atomic E-state index is 11.8. The first kappa shape index (κ1) is 28.3. The maximum Gasteiger partial charge on any atom is 0.472 e. The minimum atomic E-state index is -3.94. The first-order chi connectivity index (χ1) is 13.6. The van der Waals surface area contributed by atoms with Crippen molar-refractivity contribution in [3.8, 4) is 0 Å².